The van der Waals surface area contributed by atoms with E-state index >= 15 is 0 Å². The lowest BCUT2D eigenvalue weighted by Gasteiger charge is -2.12. The van der Waals surface area contributed by atoms with Crippen LogP contribution in [0.25, 0.3) is 11.1 Å². The number of halogens is 3. The highest BCUT2D eigenvalue weighted by Gasteiger charge is 2.39. The van der Waals surface area contributed by atoms with E-state index in [-0.39, 0.29) is 0 Å². The molecule has 1 aromatic heterocycles. The normalized spacial score (nSPS) is 11.4. The quantitative estimate of drug-likeness (QED) is 0.739. The van der Waals surface area contributed by atoms with Crippen LogP contribution in [0.15, 0.2) is 54.7 Å². The molecule has 26 heavy (non-hydrogen) atoms. The highest BCUT2D eigenvalue weighted by molar-refractivity contribution is 6.07. The van der Waals surface area contributed by atoms with Crippen molar-refractivity contribution in [3.63, 3.8) is 0 Å². The maximum Gasteiger partial charge on any atom is 0.435 e. The largest absolute Gasteiger partial charge is 0.435 e. The van der Waals surface area contributed by atoms with Gasteiger partial charge in [-0.25, -0.2) is 0 Å². The zero-order chi connectivity index (χ0) is 18.9. The summed E-state index contributed by atoms with van der Waals surface area (Å²) in [6.45, 7) is 1.96. The number of hydrogen-bond donors (Lipinski definition) is 1. The molecule has 0 aliphatic carbocycles. The fraction of sp³-hybridized carbons (Fsp3) is 0.158. The molecule has 0 radical (unpaired) electrons. The lowest BCUT2D eigenvalue weighted by molar-refractivity contribution is -0.141. The average molecular weight is 359 g/mol. The van der Waals surface area contributed by atoms with Crippen LogP contribution in [0, 0.1) is 6.92 Å². The van der Waals surface area contributed by atoms with E-state index in [9.17, 15) is 18.0 Å². The minimum atomic E-state index is -4.70. The average Bonchev–Trinajstić information content (AvgIpc) is 2.99. The summed E-state index contributed by atoms with van der Waals surface area (Å²) < 4.78 is 40.2. The first-order valence-corrected chi connectivity index (χ1v) is 7.84. The lowest BCUT2D eigenvalue weighted by Crippen LogP contribution is -2.18. The Bertz CT molecular complexity index is 943. The summed E-state index contributed by atoms with van der Waals surface area (Å²) in [5.41, 5.74) is 1.37. The highest BCUT2D eigenvalue weighted by atomic mass is 19.4. The van der Waals surface area contributed by atoms with Crippen LogP contribution in [-0.2, 0) is 13.2 Å². The van der Waals surface area contributed by atoms with Crippen LogP contribution in [0.1, 0.15) is 21.6 Å². The van der Waals surface area contributed by atoms with Gasteiger partial charge in [-0.2, -0.15) is 18.3 Å². The van der Waals surface area contributed by atoms with Crippen molar-refractivity contribution >= 4 is 11.6 Å². The maximum absolute atomic E-state index is 13.1. The number of amides is 1. The number of alkyl halides is 3. The molecule has 2 aromatic carbocycles. The smallest absolute Gasteiger partial charge is 0.321 e. The van der Waals surface area contributed by atoms with Gasteiger partial charge >= 0.3 is 6.18 Å². The molecule has 0 saturated heterocycles. The van der Waals surface area contributed by atoms with Crippen LogP contribution in [0.2, 0.25) is 0 Å². The number of para-hydroxylation sites is 1. The number of nitrogens with one attached hydrogen (secondary N) is 1. The molecule has 3 aromatic rings. The Morgan fingerprint density at radius 1 is 1.08 bits per heavy atom. The number of aromatic nitrogens is 2. The van der Waals surface area contributed by atoms with Gasteiger partial charge in [-0.05, 0) is 18.6 Å². The van der Waals surface area contributed by atoms with Crippen LogP contribution in [-0.4, -0.2) is 15.7 Å². The number of aryl methyl sites for hydroxylation is 2. The number of nitrogens with zero attached hydrogens (tertiary/aromatic N) is 2. The Labute approximate surface area is 148 Å². The summed E-state index contributed by atoms with van der Waals surface area (Å²) in [6, 6.07) is 14.6. The molecule has 3 rings (SSSR count). The molecule has 0 saturated carbocycles. The van der Waals surface area contributed by atoms with Crippen molar-refractivity contribution < 1.29 is 18.0 Å². The highest BCUT2D eigenvalue weighted by Crippen LogP contribution is 2.32. The topological polar surface area (TPSA) is 46.9 Å². The molecular formula is C19H16F3N3O. The molecule has 0 aliphatic rings. The Morgan fingerprint density at radius 3 is 2.38 bits per heavy atom. The van der Waals surface area contributed by atoms with E-state index in [0.29, 0.717) is 5.69 Å². The summed E-state index contributed by atoms with van der Waals surface area (Å²) in [5, 5.41) is 5.94. The van der Waals surface area contributed by atoms with Gasteiger partial charge in [-0.1, -0.05) is 48.0 Å². The van der Waals surface area contributed by atoms with Gasteiger partial charge in [-0.15, -0.1) is 0 Å². The second kappa shape index (κ2) is 6.67. The van der Waals surface area contributed by atoms with Crippen LogP contribution in [0.5, 0.6) is 0 Å². The fourth-order valence-corrected chi connectivity index (χ4v) is 2.63. The van der Waals surface area contributed by atoms with Gasteiger partial charge in [0.05, 0.1) is 5.56 Å². The molecule has 0 unspecified atom stereocenters. The predicted octanol–water partition coefficient (Wildman–Crippen LogP) is 4.67. The third kappa shape index (κ3) is 3.61. The van der Waals surface area contributed by atoms with Crippen molar-refractivity contribution in [3.05, 3.63) is 71.5 Å². The molecule has 0 bridgehead atoms. The molecule has 1 amide bonds. The van der Waals surface area contributed by atoms with Crippen molar-refractivity contribution in [2.75, 3.05) is 5.32 Å². The van der Waals surface area contributed by atoms with Crippen LogP contribution >= 0.6 is 0 Å². The van der Waals surface area contributed by atoms with Gasteiger partial charge in [0.15, 0.2) is 5.69 Å². The summed E-state index contributed by atoms with van der Waals surface area (Å²) in [5.74, 6) is -0.856. The third-order valence-electron chi connectivity index (χ3n) is 3.88. The standard InChI is InChI=1S/C19H16F3N3O/c1-12-7-9-13(10-8-12)14-5-3-4-6-16(14)23-18(26)15-11-25(2)24-17(15)19(20,21)22/h3-11H,1-2H3,(H,23,26). The van der Waals surface area contributed by atoms with E-state index in [1.807, 2.05) is 31.2 Å². The zero-order valence-electron chi connectivity index (χ0n) is 14.1. The van der Waals surface area contributed by atoms with Gasteiger partial charge in [0, 0.05) is 24.5 Å². The number of carbonyl (C=O) groups is 1. The molecule has 0 aliphatic heterocycles. The Morgan fingerprint density at radius 2 is 1.73 bits per heavy atom. The minimum Gasteiger partial charge on any atom is -0.321 e. The summed E-state index contributed by atoms with van der Waals surface area (Å²) in [7, 11) is 1.34. The van der Waals surface area contributed by atoms with Crippen molar-refractivity contribution in [1.82, 2.24) is 9.78 Å². The molecular weight excluding hydrogens is 343 g/mol. The van der Waals surface area contributed by atoms with Crippen LogP contribution in [0.4, 0.5) is 18.9 Å². The summed E-state index contributed by atoms with van der Waals surface area (Å²) in [6.07, 6.45) is -3.64. The first-order chi connectivity index (χ1) is 12.3. The van der Waals surface area contributed by atoms with Crippen molar-refractivity contribution in [3.8, 4) is 11.1 Å². The van der Waals surface area contributed by atoms with Crippen molar-refractivity contribution in [1.29, 1.82) is 0 Å². The number of rotatable bonds is 3. The zero-order valence-corrected chi connectivity index (χ0v) is 14.1. The maximum atomic E-state index is 13.1. The first-order valence-electron chi connectivity index (χ1n) is 7.84. The van der Waals surface area contributed by atoms with E-state index in [1.165, 1.54) is 7.05 Å². The number of benzene rings is 2. The molecule has 7 heteroatoms. The Kier molecular flexibility index (Phi) is 4.54. The molecule has 0 spiro atoms. The molecule has 0 fully saturated rings. The third-order valence-corrected chi connectivity index (χ3v) is 3.88. The Balaban J connectivity index is 1.96. The lowest BCUT2D eigenvalue weighted by atomic mass is 10.0. The number of hydrogen-bond acceptors (Lipinski definition) is 2. The van der Waals surface area contributed by atoms with E-state index in [4.69, 9.17) is 0 Å². The molecule has 4 nitrogen and oxygen atoms in total. The Hall–Kier alpha value is -3.09. The minimum absolute atomic E-state index is 0.429. The molecule has 134 valence electrons. The van der Waals surface area contributed by atoms with Gasteiger partial charge in [0.25, 0.3) is 5.91 Å². The van der Waals surface area contributed by atoms with Crippen molar-refractivity contribution in [2.45, 2.75) is 13.1 Å². The van der Waals surface area contributed by atoms with Crippen molar-refractivity contribution in [2.24, 2.45) is 7.05 Å². The van der Waals surface area contributed by atoms with E-state index in [2.05, 4.69) is 10.4 Å². The summed E-state index contributed by atoms with van der Waals surface area (Å²) in [4.78, 5) is 12.5. The number of anilines is 1. The van der Waals surface area contributed by atoms with Gasteiger partial charge in [0.2, 0.25) is 0 Å². The van der Waals surface area contributed by atoms with Crippen LogP contribution < -0.4 is 5.32 Å². The van der Waals surface area contributed by atoms with Gasteiger partial charge in [-0.3, -0.25) is 9.48 Å². The summed E-state index contributed by atoms with van der Waals surface area (Å²) >= 11 is 0. The second-order valence-corrected chi connectivity index (χ2v) is 5.93. The second-order valence-electron chi connectivity index (χ2n) is 5.93. The van der Waals surface area contributed by atoms with Gasteiger partial charge < -0.3 is 5.32 Å². The monoisotopic (exact) mass is 359 g/mol. The van der Waals surface area contributed by atoms with Gasteiger partial charge in [0.1, 0.15) is 0 Å². The van der Waals surface area contributed by atoms with E-state index in [0.717, 1.165) is 27.6 Å². The molecule has 1 N–H and O–H groups in total. The first kappa shape index (κ1) is 17.7. The molecule has 1 heterocycles. The fourth-order valence-electron chi connectivity index (χ4n) is 2.63. The SMILES string of the molecule is Cc1ccc(-c2ccccc2NC(=O)c2cn(C)nc2C(F)(F)F)cc1. The number of carbonyl (C=O) groups excluding carboxylic acids is 1. The van der Waals surface area contributed by atoms with E-state index < -0.39 is 23.3 Å². The van der Waals surface area contributed by atoms with Crippen LogP contribution in [0.3, 0.4) is 0 Å². The van der Waals surface area contributed by atoms with E-state index in [1.54, 1.807) is 24.3 Å². The molecule has 0 atom stereocenters. The predicted molar refractivity (Wildman–Crippen MR) is 92.8 cm³/mol.